The minimum atomic E-state index is -4.27. The van der Waals surface area contributed by atoms with Crippen molar-refractivity contribution >= 4 is 33.0 Å². The van der Waals surface area contributed by atoms with Gasteiger partial charge in [0.25, 0.3) is 15.7 Å². The van der Waals surface area contributed by atoms with Gasteiger partial charge in [-0.3, -0.25) is 19.6 Å². The second-order valence-electron chi connectivity index (χ2n) is 8.03. The number of hydrogen-bond donors (Lipinski definition) is 2. The number of likely N-dealkylation sites (N-methyl/N-ethyl adjacent to an activating group) is 1. The Morgan fingerprint density at radius 1 is 1.19 bits per heavy atom. The van der Waals surface area contributed by atoms with Gasteiger partial charge in [-0.05, 0) is 45.9 Å². The van der Waals surface area contributed by atoms with Gasteiger partial charge in [-0.25, -0.2) is 8.42 Å². The highest BCUT2D eigenvalue weighted by molar-refractivity contribution is 7.93. The zero-order valence-electron chi connectivity index (χ0n) is 18.7. The predicted octanol–water partition coefficient (Wildman–Crippen LogP) is 3.15. The minimum Gasteiger partial charge on any atom is -0.495 e. The van der Waals surface area contributed by atoms with Crippen LogP contribution in [0.3, 0.4) is 0 Å². The molecule has 2 aromatic rings. The highest BCUT2D eigenvalue weighted by Gasteiger charge is 2.27. The number of nitro benzene ring substituents is 1. The van der Waals surface area contributed by atoms with Crippen molar-refractivity contribution in [2.75, 3.05) is 29.8 Å². The van der Waals surface area contributed by atoms with Crippen molar-refractivity contribution in [1.29, 1.82) is 0 Å². The van der Waals surface area contributed by atoms with Crippen LogP contribution in [0.5, 0.6) is 5.75 Å². The Balaban J connectivity index is 2.53. The molecule has 32 heavy (non-hydrogen) atoms. The molecular weight excluding hydrogens is 436 g/mol. The third-order valence-electron chi connectivity index (χ3n) is 4.37. The lowest BCUT2D eigenvalue weighted by Gasteiger charge is -2.27. The number of anilines is 2. The molecule has 0 fully saturated rings. The molecule has 0 atom stereocenters. The Labute approximate surface area is 187 Å². The topological polar surface area (TPSA) is 131 Å². The van der Waals surface area contributed by atoms with E-state index in [0.717, 1.165) is 6.07 Å². The van der Waals surface area contributed by atoms with Crippen LogP contribution in [0.25, 0.3) is 0 Å². The highest BCUT2D eigenvalue weighted by atomic mass is 32.2. The molecule has 0 unspecified atom stereocenters. The van der Waals surface area contributed by atoms with Crippen LogP contribution in [-0.2, 0) is 14.8 Å². The third-order valence-corrected chi connectivity index (χ3v) is 5.76. The van der Waals surface area contributed by atoms with Gasteiger partial charge in [0.2, 0.25) is 5.91 Å². The van der Waals surface area contributed by atoms with Crippen LogP contribution in [0.15, 0.2) is 47.4 Å². The average Bonchev–Trinajstić information content (AvgIpc) is 2.70. The van der Waals surface area contributed by atoms with E-state index in [-0.39, 0.29) is 34.4 Å². The summed E-state index contributed by atoms with van der Waals surface area (Å²) in [6.45, 7) is 7.44. The summed E-state index contributed by atoms with van der Waals surface area (Å²) in [5.74, 6) is -0.0151. The van der Waals surface area contributed by atoms with Gasteiger partial charge in [0.05, 0.1) is 30.0 Å². The molecule has 0 saturated carbocycles. The number of ether oxygens (including phenoxy) is 1. The monoisotopic (exact) mass is 464 g/mol. The Kier molecular flexibility index (Phi) is 7.68. The number of methoxy groups -OCH3 is 1. The van der Waals surface area contributed by atoms with E-state index >= 15 is 0 Å². The number of nitro groups is 1. The van der Waals surface area contributed by atoms with Crippen molar-refractivity contribution in [2.24, 2.45) is 0 Å². The van der Waals surface area contributed by atoms with Crippen LogP contribution in [0.2, 0.25) is 0 Å². The summed E-state index contributed by atoms with van der Waals surface area (Å²) in [6.07, 6.45) is 0. The lowest BCUT2D eigenvalue weighted by atomic mass is 10.1. The lowest BCUT2D eigenvalue weighted by molar-refractivity contribution is -0.385. The lowest BCUT2D eigenvalue weighted by Crippen LogP contribution is -2.46. The van der Waals surface area contributed by atoms with Gasteiger partial charge in [0.1, 0.15) is 10.6 Å². The van der Waals surface area contributed by atoms with E-state index in [9.17, 15) is 23.3 Å². The number of nitrogens with one attached hydrogen (secondary N) is 2. The molecule has 2 aromatic carbocycles. The summed E-state index contributed by atoms with van der Waals surface area (Å²) < 4.78 is 34.2. The third kappa shape index (κ3) is 6.33. The Morgan fingerprint density at radius 2 is 1.84 bits per heavy atom. The summed E-state index contributed by atoms with van der Waals surface area (Å²) in [4.78, 5) is 24.3. The molecule has 0 heterocycles. The normalized spacial score (nSPS) is 11.5. The zero-order chi connectivity index (χ0) is 24.1. The second kappa shape index (κ2) is 9.86. The number of nitrogens with zero attached hydrogens (tertiary/aromatic N) is 2. The van der Waals surface area contributed by atoms with Crippen molar-refractivity contribution < 1.29 is 22.9 Å². The van der Waals surface area contributed by atoms with E-state index in [0.29, 0.717) is 12.3 Å². The molecule has 0 bridgehead atoms. The summed E-state index contributed by atoms with van der Waals surface area (Å²) in [5.41, 5.74) is -0.498. The number of para-hydroxylation sites is 2. The van der Waals surface area contributed by atoms with Gasteiger partial charge in [-0.15, -0.1) is 0 Å². The van der Waals surface area contributed by atoms with Gasteiger partial charge in [0.15, 0.2) is 0 Å². The van der Waals surface area contributed by atoms with Gasteiger partial charge in [0, 0.05) is 24.2 Å². The SMILES string of the molecule is CCN(CC(=O)NC(C)(C)C)c1ccc([N+](=O)[O-])cc1S(=O)(=O)Nc1ccccc1OC. The van der Waals surface area contributed by atoms with Crippen LogP contribution < -0.4 is 19.7 Å². The number of non-ortho nitro benzene ring substituents is 1. The summed E-state index contributed by atoms with van der Waals surface area (Å²) >= 11 is 0. The van der Waals surface area contributed by atoms with Crippen molar-refractivity contribution in [2.45, 2.75) is 38.1 Å². The average molecular weight is 465 g/mol. The van der Waals surface area contributed by atoms with E-state index in [1.54, 1.807) is 30.0 Å². The maximum atomic E-state index is 13.3. The molecular formula is C21H28N4O6S. The Hall–Kier alpha value is -3.34. The summed E-state index contributed by atoms with van der Waals surface area (Å²) in [5, 5.41) is 14.1. The van der Waals surface area contributed by atoms with E-state index in [1.165, 1.54) is 25.3 Å². The van der Waals surface area contributed by atoms with Crippen LogP contribution in [-0.4, -0.2) is 45.0 Å². The molecule has 2 N–H and O–H groups in total. The first-order chi connectivity index (χ1) is 14.9. The second-order valence-corrected chi connectivity index (χ2v) is 9.68. The summed E-state index contributed by atoms with van der Waals surface area (Å²) in [7, 11) is -2.87. The molecule has 0 aromatic heterocycles. The van der Waals surface area contributed by atoms with Gasteiger partial charge in [-0.2, -0.15) is 0 Å². The van der Waals surface area contributed by atoms with Crippen molar-refractivity contribution in [1.82, 2.24) is 5.32 Å². The molecule has 174 valence electrons. The number of hydrogen-bond acceptors (Lipinski definition) is 7. The molecule has 10 nitrogen and oxygen atoms in total. The fraction of sp³-hybridized carbons (Fsp3) is 0.381. The zero-order valence-corrected chi connectivity index (χ0v) is 19.5. The molecule has 0 aliphatic carbocycles. The van der Waals surface area contributed by atoms with Gasteiger partial charge in [-0.1, -0.05) is 12.1 Å². The fourth-order valence-electron chi connectivity index (χ4n) is 3.02. The molecule has 1 amide bonds. The highest BCUT2D eigenvalue weighted by Crippen LogP contribution is 2.33. The molecule has 11 heteroatoms. The fourth-order valence-corrected chi connectivity index (χ4v) is 4.34. The summed E-state index contributed by atoms with van der Waals surface area (Å²) in [6, 6.07) is 9.94. The number of sulfonamides is 1. The first-order valence-electron chi connectivity index (χ1n) is 9.88. The molecule has 0 aliphatic rings. The van der Waals surface area contributed by atoms with Gasteiger partial charge < -0.3 is 15.0 Å². The van der Waals surface area contributed by atoms with E-state index in [4.69, 9.17) is 4.74 Å². The smallest absolute Gasteiger partial charge is 0.270 e. The molecule has 0 aliphatic heterocycles. The number of benzene rings is 2. The van der Waals surface area contributed by atoms with Crippen LogP contribution in [0, 0.1) is 10.1 Å². The van der Waals surface area contributed by atoms with Crippen LogP contribution >= 0.6 is 0 Å². The largest absolute Gasteiger partial charge is 0.495 e. The minimum absolute atomic E-state index is 0.122. The van der Waals surface area contributed by atoms with Crippen LogP contribution in [0.1, 0.15) is 27.7 Å². The standard InChI is InChI=1S/C21H28N4O6S/c1-6-24(14-20(26)22-21(2,3)4)17-12-11-15(25(27)28)13-19(17)32(29,30)23-16-9-7-8-10-18(16)31-5/h7-13,23H,6,14H2,1-5H3,(H,22,26). The first kappa shape index (κ1) is 24.9. The number of carbonyl (C=O) groups is 1. The number of rotatable bonds is 9. The Bertz CT molecular complexity index is 1100. The van der Waals surface area contributed by atoms with Crippen molar-refractivity contribution in [3.05, 3.63) is 52.6 Å². The van der Waals surface area contributed by atoms with E-state index in [2.05, 4.69) is 10.0 Å². The molecule has 0 saturated heterocycles. The van der Waals surface area contributed by atoms with E-state index < -0.39 is 20.5 Å². The number of carbonyl (C=O) groups excluding carboxylic acids is 1. The van der Waals surface area contributed by atoms with Gasteiger partial charge >= 0.3 is 0 Å². The molecule has 2 rings (SSSR count). The first-order valence-corrected chi connectivity index (χ1v) is 11.4. The number of amides is 1. The molecule has 0 radical (unpaired) electrons. The van der Waals surface area contributed by atoms with Crippen molar-refractivity contribution in [3.63, 3.8) is 0 Å². The van der Waals surface area contributed by atoms with Crippen LogP contribution in [0.4, 0.5) is 17.1 Å². The Morgan fingerprint density at radius 3 is 2.41 bits per heavy atom. The van der Waals surface area contributed by atoms with E-state index in [1.807, 2.05) is 20.8 Å². The maximum absolute atomic E-state index is 13.3. The van der Waals surface area contributed by atoms with Crippen molar-refractivity contribution in [3.8, 4) is 5.75 Å². The molecule has 0 spiro atoms. The maximum Gasteiger partial charge on any atom is 0.270 e. The quantitative estimate of drug-likeness (QED) is 0.430. The predicted molar refractivity (Wildman–Crippen MR) is 123 cm³/mol.